The minimum absolute atomic E-state index is 0.0752. The van der Waals surface area contributed by atoms with Crippen LogP contribution in [0.2, 0.25) is 5.02 Å². The highest BCUT2D eigenvalue weighted by Gasteiger charge is 2.15. The van der Waals surface area contributed by atoms with Crippen molar-refractivity contribution in [3.05, 3.63) is 88.4 Å². The van der Waals surface area contributed by atoms with Crippen molar-refractivity contribution in [3.8, 4) is 11.5 Å². The van der Waals surface area contributed by atoms with Gasteiger partial charge in [-0.3, -0.25) is 9.59 Å². The molecule has 0 aliphatic heterocycles. The molecule has 0 aromatic heterocycles. The second kappa shape index (κ2) is 9.80. The number of ether oxygens (including phenoxy) is 1. The number of carbonyl (C=O) groups excluding carboxylic acids is 2. The average molecular weight is 425 g/mol. The van der Waals surface area contributed by atoms with E-state index in [-0.39, 0.29) is 22.2 Å². The van der Waals surface area contributed by atoms with Crippen LogP contribution in [-0.4, -0.2) is 30.6 Å². The summed E-state index contributed by atoms with van der Waals surface area (Å²) in [5, 5.41) is 15.2. The summed E-state index contributed by atoms with van der Waals surface area (Å²) in [6.45, 7) is 0.432. The minimum atomic E-state index is -0.437. The standard InChI is InChI=1S/C23H21ClN2O4/c1-30-17-6-4-5-15(13-17)11-12-25-23(29)18-7-2-3-8-20(18)26-22(28)16-9-10-21(27)19(24)14-16/h2-10,13-14,27H,11-12H2,1H3,(H,25,29)(H,26,28). The molecule has 3 aromatic carbocycles. The minimum Gasteiger partial charge on any atom is -0.506 e. The van der Waals surface area contributed by atoms with E-state index in [4.69, 9.17) is 16.3 Å². The molecule has 2 amide bonds. The monoisotopic (exact) mass is 424 g/mol. The van der Waals surface area contributed by atoms with Crippen molar-refractivity contribution in [1.29, 1.82) is 0 Å². The Labute approximate surface area is 179 Å². The fourth-order valence-electron chi connectivity index (χ4n) is 2.88. The van der Waals surface area contributed by atoms with Crippen molar-refractivity contribution >= 4 is 29.1 Å². The van der Waals surface area contributed by atoms with Crippen LogP contribution in [-0.2, 0) is 6.42 Å². The number of carbonyl (C=O) groups is 2. The maximum absolute atomic E-state index is 12.7. The molecule has 0 spiro atoms. The molecule has 0 unspecified atom stereocenters. The van der Waals surface area contributed by atoms with Gasteiger partial charge >= 0.3 is 0 Å². The maximum atomic E-state index is 12.7. The zero-order chi connectivity index (χ0) is 21.5. The van der Waals surface area contributed by atoms with Gasteiger partial charge in [0.1, 0.15) is 11.5 Å². The van der Waals surface area contributed by atoms with E-state index in [1.165, 1.54) is 18.2 Å². The summed E-state index contributed by atoms with van der Waals surface area (Å²) in [4.78, 5) is 25.2. The number of para-hydroxylation sites is 1. The fourth-order valence-corrected chi connectivity index (χ4v) is 3.06. The summed E-state index contributed by atoms with van der Waals surface area (Å²) in [5.41, 5.74) is 2.04. The summed E-state index contributed by atoms with van der Waals surface area (Å²) in [5.74, 6) is -0.0729. The molecule has 6 nitrogen and oxygen atoms in total. The molecule has 0 radical (unpaired) electrons. The number of phenolic OH excluding ortho intramolecular Hbond substituents is 1. The summed E-state index contributed by atoms with van der Waals surface area (Å²) >= 11 is 5.87. The first kappa shape index (κ1) is 21.2. The highest BCUT2D eigenvalue weighted by Crippen LogP contribution is 2.24. The van der Waals surface area contributed by atoms with E-state index in [9.17, 15) is 14.7 Å². The van der Waals surface area contributed by atoms with Crippen molar-refractivity contribution in [2.45, 2.75) is 6.42 Å². The van der Waals surface area contributed by atoms with Gasteiger partial charge in [-0.15, -0.1) is 0 Å². The number of hydrogen-bond acceptors (Lipinski definition) is 4. The second-order valence-electron chi connectivity index (χ2n) is 6.52. The number of benzene rings is 3. The topological polar surface area (TPSA) is 87.7 Å². The van der Waals surface area contributed by atoms with Crippen molar-refractivity contribution < 1.29 is 19.4 Å². The van der Waals surface area contributed by atoms with Gasteiger partial charge in [-0.1, -0.05) is 35.9 Å². The Bertz CT molecular complexity index is 1070. The molecule has 0 fully saturated rings. The maximum Gasteiger partial charge on any atom is 0.255 e. The highest BCUT2D eigenvalue weighted by atomic mass is 35.5. The van der Waals surface area contributed by atoms with Crippen LogP contribution in [0.5, 0.6) is 11.5 Å². The molecule has 30 heavy (non-hydrogen) atoms. The van der Waals surface area contributed by atoms with E-state index in [0.717, 1.165) is 11.3 Å². The van der Waals surface area contributed by atoms with Gasteiger partial charge in [-0.2, -0.15) is 0 Å². The van der Waals surface area contributed by atoms with E-state index in [0.29, 0.717) is 24.2 Å². The van der Waals surface area contributed by atoms with Crippen molar-refractivity contribution in [2.24, 2.45) is 0 Å². The molecule has 0 heterocycles. The van der Waals surface area contributed by atoms with Crippen molar-refractivity contribution in [2.75, 3.05) is 19.0 Å². The van der Waals surface area contributed by atoms with Gasteiger partial charge in [0.05, 0.1) is 23.4 Å². The van der Waals surface area contributed by atoms with Crippen LogP contribution in [0.1, 0.15) is 26.3 Å². The van der Waals surface area contributed by atoms with Gasteiger partial charge in [0.2, 0.25) is 0 Å². The number of methoxy groups -OCH3 is 1. The van der Waals surface area contributed by atoms with Crippen LogP contribution >= 0.6 is 11.6 Å². The number of aromatic hydroxyl groups is 1. The Morgan fingerprint density at radius 3 is 2.57 bits per heavy atom. The molecule has 3 rings (SSSR count). The quantitative estimate of drug-likeness (QED) is 0.528. The van der Waals surface area contributed by atoms with Crippen LogP contribution in [0.25, 0.3) is 0 Å². The summed E-state index contributed by atoms with van der Waals surface area (Å²) < 4.78 is 5.20. The fraction of sp³-hybridized carbons (Fsp3) is 0.130. The van der Waals surface area contributed by atoms with E-state index in [2.05, 4.69) is 10.6 Å². The van der Waals surface area contributed by atoms with E-state index < -0.39 is 5.91 Å². The molecule has 0 saturated carbocycles. The molecule has 0 saturated heterocycles. The predicted octanol–water partition coefficient (Wildman–Crippen LogP) is 4.28. The first-order valence-electron chi connectivity index (χ1n) is 9.28. The molecule has 0 aliphatic rings. The Kier molecular flexibility index (Phi) is 6.93. The molecule has 3 aromatic rings. The third-order valence-corrected chi connectivity index (χ3v) is 4.77. The summed E-state index contributed by atoms with van der Waals surface area (Å²) in [6, 6.07) is 18.5. The third kappa shape index (κ3) is 5.30. The Morgan fingerprint density at radius 1 is 1.00 bits per heavy atom. The zero-order valence-corrected chi connectivity index (χ0v) is 17.1. The first-order valence-corrected chi connectivity index (χ1v) is 9.66. The Morgan fingerprint density at radius 2 is 1.80 bits per heavy atom. The van der Waals surface area contributed by atoms with E-state index in [1.54, 1.807) is 31.4 Å². The Balaban J connectivity index is 1.65. The van der Waals surface area contributed by atoms with Crippen LogP contribution in [0.3, 0.4) is 0 Å². The first-order chi connectivity index (χ1) is 14.5. The molecule has 7 heteroatoms. The lowest BCUT2D eigenvalue weighted by Gasteiger charge is -2.12. The van der Waals surface area contributed by atoms with E-state index in [1.807, 2.05) is 24.3 Å². The lowest BCUT2D eigenvalue weighted by molar-refractivity contribution is 0.0955. The van der Waals surface area contributed by atoms with Gasteiger partial charge in [0.15, 0.2) is 0 Å². The normalized spacial score (nSPS) is 10.3. The number of halogens is 1. The van der Waals surface area contributed by atoms with Gasteiger partial charge in [-0.05, 0) is 54.4 Å². The van der Waals surface area contributed by atoms with Crippen LogP contribution in [0.15, 0.2) is 66.7 Å². The van der Waals surface area contributed by atoms with Crippen molar-refractivity contribution in [3.63, 3.8) is 0 Å². The van der Waals surface area contributed by atoms with Crippen LogP contribution in [0.4, 0.5) is 5.69 Å². The Hall–Kier alpha value is -3.51. The molecule has 154 valence electrons. The summed E-state index contributed by atoms with van der Waals surface area (Å²) in [7, 11) is 1.61. The molecule has 3 N–H and O–H groups in total. The number of phenols is 1. The highest BCUT2D eigenvalue weighted by molar-refractivity contribution is 6.32. The summed E-state index contributed by atoms with van der Waals surface area (Å²) in [6.07, 6.45) is 0.642. The zero-order valence-electron chi connectivity index (χ0n) is 16.3. The van der Waals surface area contributed by atoms with Crippen LogP contribution in [0, 0.1) is 0 Å². The smallest absolute Gasteiger partial charge is 0.255 e. The number of amides is 2. The largest absolute Gasteiger partial charge is 0.506 e. The third-order valence-electron chi connectivity index (χ3n) is 4.46. The predicted molar refractivity (Wildman–Crippen MR) is 117 cm³/mol. The molecular weight excluding hydrogens is 404 g/mol. The number of nitrogens with one attached hydrogen (secondary N) is 2. The van der Waals surface area contributed by atoms with Gasteiger partial charge in [-0.25, -0.2) is 0 Å². The molecule has 0 aliphatic carbocycles. The van der Waals surface area contributed by atoms with Gasteiger partial charge in [0, 0.05) is 12.1 Å². The SMILES string of the molecule is COc1cccc(CCNC(=O)c2ccccc2NC(=O)c2ccc(O)c(Cl)c2)c1. The number of anilines is 1. The molecule has 0 bridgehead atoms. The molecular formula is C23H21ClN2O4. The van der Waals surface area contributed by atoms with E-state index >= 15 is 0 Å². The number of rotatable bonds is 7. The lowest BCUT2D eigenvalue weighted by atomic mass is 10.1. The average Bonchev–Trinajstić information content (AvgIpc) is 2.76. The molecule has 0 atom stereocenters. The lowest BCUT2D eigenvalue weighted by Crippen LogP contribution is -2.27. The van der Waals surface area contributed by atoms with Gasteiger partial charge < -0.3 is 20.5 Å². The van der Waals surface area contributed by atoms with Crippen LogP contribution < -0.4 is 15.4 Å². The number of hydrogen-bond donors (Lipinski definition) is 3. The van der Waals surface area contributed by atoms with Crippen molar-refractivity contribution in [1.82, 2.24) is 5.32 Å². The second-order valence-corrected chi connectivity index (χ2v) is 6.93. The van der Waals surface area contributed by atoms with Gasteiger partial charge in [0.25, 0.3) is 11.8 Å².